The van der Waals surface area contributed by atoms with Gasteiger partial charge < -0.3 is 10.6 Å². The first-order valence-corrected chi connectivity index (χ1v) is 10.2. The molecule has 1 aliphatic heterocycles. The van der Waals surface area contributed by atoms with Crippen LogP contribution in [0, 0.1) is 5.92 Å². The van der Waals surface area contributed by atoms with Crippen molar-refractivity contribution in [3.8, 4) is 0 Å². The Morgan fingerprint density at radius 3 is 2.93 bits per heavy atom. The van der Waals surface area contributed by atoms with E-state index < -0.39 is 5.41 Å². The van der Waals surface area contributed by atoms with Crippen LogP contribution in [0.25, 0.3) is 5.65 Å². The van der Waals surface area contributed by atoms with Crippen LogP contribution in [0.4, 0.5) is 5.82 Å². The van der Waals surface area contributed by atoms with Crippen LogP contribution < -0.4 is 10.6 Å². The van der Waals surface area contributed by atoms with E-state index in [0.29, 0.717) is 30.9 Å². The summed E-state index contributed by atoms with van der Waals surface area (Å²) in [5.41, 5.74) is 9.03. The molecule has 0 bridgehead atoms. The van der Waals surface area contributed by atoms with Crippen molar-refractivity contribution in [3.63, 3.8) is 0 Å². The molecule has 2 aliphatic rings. The summed E-state index contributed by atoms with van der Waals surface area (Å²) in [7, 11) is 0. The largest absolute Gasteiger partial charge is 0.369 e. The molecule has 1 saturated heterocycles. The molecular weight excluding hydrogens is 380 g/mol. The van der Waals surface area contributed by atoms with Crippen LogP contribution in [0.5, 0.6) is 0 Å². The number of rotatable bonds is 4. The van der Waals surface area contributed by atoms with Gasteiger partial charge in [0, 0.05) is 43.7 Å². The van der Waals surface area contributed by atoms with Gasteiger partial charge in [0.25, 0.3) is 0 Å². The predicted molar refractivity (Wildman–Crippen MR) is 111 cm³/mol. The summed E-state index contributed by atoms with van der Waals surface area (Å²) in [6, 6.07) is 6.22. The molecule has 2 aromatic heterocycles. The fraction of sp³-hybridized carbons (Fsp3) is 0.409. The molecule has 1 amide bonds. The van der Waals surface area contributed by atoms with E-state index in [9.17, 15) is 9.59 Å². The first-order valence-electron chi connectivity index (χ1n) is 10.2. The molecule has 1 aromatic carbocycles. The lowest BCUT2D eigenvalue weighted by Gasteiger charge is -2.17. The van der Waals surface area contributed by atoms with Crippen molar-refractivity contribution in [2.45, 2.75) is 38.5 Å². The topological polar surface area (TPSA) is 106 Å². The molecule has 1 atom stereocenters. The maximum Gasteiger partial charge on any atom is 0.222 e. The van der Waals surface area contributed by atoms with E-state index in [1.807, 2.05) is 18.7 Å². The molecule has 0 spiro atoms. The van der Waals surface area contributed by atoms with E-state index in [0.717, 1.165) is 35.5 Å². The van der Waals surface area contributed by atoms with Gasteiger partial charge in [0.1, 0.15) is 5.78 Å². The van der Waals surface area contributed by atoms with E-state index in [4.69, 9.17) is 10.7 Å². The van der Waals surface area contributed by atoms with E-state index in [2.05, 4.69) is 28.3 Å². The summed E-state index contributed by atoms with van der Waals surface area (Å²) in [5, 5.41) is 4.61. The van der Waals surface area contributed by atoms with Gasteiger partial charge in [-0.25, -0.2) is 14.5 Å². The minimum atomic E-state index is -0.408. The number of benzene rings is 1. The maximum absolute atomic E-state index is 12.3. The molecule has 1 aliphatic carbocycles. The highest BCUT2D eigenvalue weighted by molar-refractivity contribution is 5.95. The summed E-state index contributed by atoms with van der Waals surface area (Å²) in [6.07, 6.45) is 5.26. The predicted octanol–water partition coefficient (Wildman–Crippen LogP) is 1.43. The molecule has 2 N–H and O–H groups in total. The number of nitrogens with zero attached hydrogens (tertiary/aromatic N) is 5. The Balaban J connectivity index is 1.43. The zero-order chi connectivity index (χ0) is 21.0. The van der Waals surface area contributed by atoms with E-state index in [-0.39, 0.29) is 17.6 Å². The zero-order valence-electron chi connectivity index (χ0n) is 17.1. The van der Waals surface area contributed by atoms with Crippen LogP contribution in [-0.2, 0) is 27.8 Å². The van der Waals surface area contributed by atoms with Crippen molar-refractivity contribution >= 4 is 23.2 Å². The average molecular weight is 404 g/mol. The van der Waals surface area contributed by atoms with Gasteiger partial charge in [-0.1, -0.05) is 18.2 Å². The number of carbonyl (C=O) groups is 2. The number of hydrogen-bond acceptors (Lipinski definition) is 6. The van der Waals surface area contributed by atoms with Gasteiger partial charge in [0.15, 0.2) is 17.3 Å². The van der Waals surface area contributed by atoms with Crippen LogP contribution in [-0.4, -0.2) is 44.4 Å². The number of carbonyl (C=O) groups excluding carboxylic acids is 2. The number of primary amides is 1. The van der Waals surface area contributed by atoms with Crippen LogP contribution in [0.3, 0.4) is 0 Å². The van der Waals surface area contributed by atoms with Gasteiger partial charge >= 0.3 is 0 Å². The van der Waals surface area contributed by atoms with Crippen LogP contribution in [0.15, 0.2) is 30.6 Å². The third-order valence-electron chi connectivity index (χ3n) is 6.42. The fourth-order valence-corrected chi connectivity index (χ4v) is 4.57. The fourth-order valence-electron chi connectivity index (χ4n) is 4.57. The highest BCUT2D eigenvalue weighted by Gasteiger charge is 2.37. The van der Waals surface area contributed by atoms with Crippen LogP contribution in [0.1, 0.15) is 42.8 Å². The van der Waals surface area contributed by atoms with Crippen molar-refractivity contribution in [2.24, 2.45) is 11.7 Å². The molecule has 0 saturated carbocycles. The van der Waals surface area contributed by atoms with Crippen LogP contribution >= 0.6 is 0 Å². The Morgan fingerprint density at radius 1 is 1.33 bits per heavy atom. The van der Waals surface area contributed by atoms with Gasteiger partial charge in [-0.3, -0.25) is 9.59 Å². The number of ketones is 1. The second-order valence-electron chi connectivity index (χ2n) is 8.77. The Hall–Kier alpha value is -3.29. The average Bonchev–Trinajstić information content (AvgIpc) is 3.38. The molecular formula is C22H24N6O2. The highest BCUT2D eigenvalue weighted by Crippen LogP contribution is 2.36. The van der Waals surface area contributed by atoms with Gasteiger partial charge in [-0.05, 0) is 37.0 Å². The zero-order valence-corrected chi connectivity index (χ0v) is 17.1. The van der Waals surface area contributed by atoms with Crippen molar-refractivity contribution in [2.75, 3.05) is 18.0 Å². The third kappa shape index (κ3) is 2.94. The first kappa shape index (κ1) is 18.7. The number of amides is 1. The van der Waals surface area contributed by atoms with E-state index >= 15 is 0 Å². The number of nitrogens with two attached hydrogens (primary N) is 1. The monoisotopic (exact) mass is 404 g/mol. The Labute approximate surface area is 174 Å². The lowest BCUT2D eigenvalue weighted by Crippen LogP contribution is -2.28. The minimum absolute atomic E-state index is 0.159. The third-order valence-corrected chi connectivity index (χ3v) is 6.42. The number of aromatic nitrogens is 4. The number of Topliss-reactive ketones (excluding diaryl/α,β-unsaturated/α-hetero) is 1. The molecule has 5 rings (SSSR count). The van der Waals surface area contributed by atoms with E-state index in [1.54, 1.807) is 16.9 Å². The second kappa shape index (κ2) is 6.62. The van der Waals surface area contributed by atoms with Gasteiger partial charge in [0.05, 0.1) is 5.92 Å². The van der Waals surface area contributed by atoms with E-state index in [1.165, 1.54) is 0 Å². The molecule has 1 unspecified atom stereocenters. The number of hydrogen-bond donors (Lipinski definition) is 1. The molecule has 3 heterocycles. The lowest BCUT2D eigenvalue weighted by molar-refractivity contribution is -0.122. The van der Waals surface area contributed by atoms with Crippen LogP contribution in [0.2, 0.25) is 0 Å². The SMILES string of the molecule is CC1(C)C(=O)Cc2cc(Cc3nc4c(N5CCC(C(N)=O)C5)nccn4n3)ccc21. The lowest BCUT2D eigenvalue weighted by atomic mass is 9.85. The first-order chi connectivity index (χ1) is 14.3. The van der Waals surface area contributed by atoms with Gasteiger partial charge in [-0.2, -0.15) is 5.10 Å². The summed E-state index contributed by atoms with van der Waals surface area (Å²) in [5.74, 6) is 1.24. The molecule has 8 nitrogen and oxygen atoms in total. The van der Waals surface area contributed by atoms with Gasteiger partial charge in [-0.15, -0.1) is 0 Å². The summed E-state index contributed by atoms with van der Waals surface area (Å²) in [4.78, 5) is 35.1. The van der Waals surface area contributed by atoms with Crippen molar-refractivity contribution in [1.82, 2.24) is 19.6 Å². The summed E-state index contributed by atoms with van der Waals surface area (Å²) >= 11 is 0. The minimum Gasteiger partial charge on any atom is -0.369 e. The smallest absolute Gasteiger partial charge is 0.222 e. The number of anilines is 1. The molecule has 30 heavy (non-hydrogen) atoms. The standard InChI is InChI=1S/C22H24N6O2/c1-22(2)16-4-3-13(9-15(16)11-17(22)29)10-18-25-21-20(24-6-8-28(21)26-18)27-7-5-14(12-27)19(23)30/h3-4,6,8-9,14H,5,7,10-12H2,1-2H3,(H2,23,30). The normalized spacial score (nSPS) is 20.1. The Bertz CT molecular complexity index is 1180. The number of fused-ring (bicyclic) bond motifs is 2. The Morgan fingerprint density at radius 2 is 2.17 bits per heavy atom. The molecule has 3 aromatic rings. The summed E-state index contributed by atoms with van der Waals surface area (Å²) in [6.45, 7) is 5.25. The molecule has 1 fully saturated rings. The highest BCUT2D eigenvalue weighted by atomic mass is 16.1. The van der Waals surface area contributed by atoms with Gasteiger partial charge in [0.2, 0.25) is 5.91 Å². The summed E-state index contributed by atoms with van der Waals surface area (Å²) < 4.78 is 1.73. The van der Waals surface area contributed by atoms with Crippen molar-refractivity contribution in [1.29, 1.82) is 0 Å². The van der Waals surface area contributed by atoms with Crippen molar-refractivity contribution in [3.05, 3.63) is 53.1 Å². The molecule has 8 heteroatoms. The maximum atomic E-state index is 12.3. The Kier molecular flexibility index (Phi) is 4.13. The second-order valence-corrected chi connectivity index (χ2v) is 8.77. The molecule has 154 valence electrons. The quantitative estimate of drug-likeness (QED) is 0.705. The molecule has 0 radical (unpaired) electrons. The van der Waals surface area contributed by atoms with Crippen molar-refractivity contribution < 1.29 is 9.59 Å².